The second-order valence-corrected chi connectivity index (χ2v) is 8.53. The van der Waals surface area contributed by atoms with Crippen LogP contribution in [0.2, 0.25) is 0 Å². The Balaban J connectivity index is 1.30. The second-order valence-electron chi connectivity index (χ2n) is 8.53. The largest absolute Gasteiger partial charge is 0.497 e. The third-order valence-electron chi connectivity index (χ3n) is 6.16. The molecule has 1 amide bonds. The summed E-state index contributed by atoms with van der Waals surface area (Å²) in [6.45, 7) is 2.07. The summed E-state index contributed by atoms with van der Waals surface area (Å²) >= 11 is 0. The zero-order valence-corrected chi connectivity index (χ0v) is 19.9. The van der Waals surface area contributed by atoms with Gasteiger partial charge in [0, 0.05) is 56.5 Å². The van der Waals surface area contributed by atoms with Gasteiger partial charge in [0.05, 0.1) is 18.4 Å². The number of piperazine rings is 1. The minimum Gasteiger partial charge on any atom is -0.497 e. The Morgan fingerprint density at radius 3 is 2.47 bits per heavy atom. The molecule has 190 valence electrons. The van der Waals surface area contributed by atoms with E-state index in [2.05, 4.69) is 5.10 Å². The average molecular weight is 501 g/mol. The van der Waals surface area contributed by atoms with Crippen LogP contribution in [0.4, 0.5) is 18.9 Å². The van der Waals surface area contributed by atoms with E-state index in [1.807, 2.05) is 29.2 Å². The summed E-state index contributed by atoms with van der Waals surface area (Å²) in [5.74, 6) is 0.640. The molecule has 1 fully saturated rings. The van der Waals surface area contributed by atoms with E-state index in [0.29, 0.717) is 56.3 Å². The molecule has 0 saturated carbocycles. The van der Waals surface area contributed by atoms with E-state index >= 15 is 0 Å². The van der Waals surface area contributed by atoms with Crippen molar-refractivity contribution in [3.05, 3.63) is 76.6 Å². The van der Waals surface area contributed by atoms with Crippen molar-refractivity contribution in [1.29, 1.82) is 0 Å². The number of nitrogens with zero attached hydrogens (tertiary/aromatic N) is 4. The van der Waals surface area contributed by atoms with Gasteiger partial charge < -0.3 is 14.5 Å². The number of hydrogen-bond acceptors (Lipinski definition) is 5. The molecule has 0 spiro atoms. The molecule has 0 atom stereocenters. The van der Waals surface area contributed by atoms with Gasteiger partial charge in [-0.3, -0.25) is 9.59 Å². The summed E-state index contributed by atoms with van der Waals surface area (Å²) in [4.78, 5) is 28.5. The maximum Gasteiger partial charge on any atom is 0.416 e. The van der Waals surface area contributed by atoms with Gasteiger partial charge in [-0.1, -0.05) is 18.2 Å². The standard InChI is InChI=1S/C26H27F3N4O3/c1-36-22-8-2-5-19(17-22)23-10-11-25(35)33(30-23)12-4-9-24(34)32-15-13-31(14-16-32)21-7-3-6-20(18-21)26(27,28)29/h2-3,5-8,10-11,17-18H,4,9,12-16H2,1H3. The van der Waals surface area contributed by atoms with Gasteiger partial charge in [-0.2, -0.15) is 18.3 Å². The molecule has 0 unspecified atom stereocenters. The van der Waals surface area contributed by atoms with E-state index in [-0.39, 0.29) is 17.9 Å². The normalized spacial score (nSPS) is 14.1. The van der Waals surface area contributed by atoms with Crippen molar-refractivity contribution in [2.45, 2.75) is 25.6 Å². The SMILES string of the molecule is COc1cccc(-c2ccc(=O)n(CCCC(=O)N3CCN(c4cccc(C(F)(F)F)c4)CC3)n2)c1. The number of ether oxygens (including phenoxy) is 1. The Labute approximate surface area is 206 Å². The molecule has 0 N–H and O–H groups in total. The minimum atomic E-state index is -4.39. The van der Waals surface area contributed by atoms with Gasteiger partial charge in [-0.25, -0.2) is 4.68 Å². The number of alkyl halides is 3. The Bertz CT molecular complexity index is 1270. The number of carbonyl (C=O) groups is 1. The van der Waals surface area contributed by atoms with Crippen LogP contribution >= 0.6 is 0 Å². The Hall–Kier alpha value is -3.82. The summed E-state index contributed by atoms with van der Waals surface area (Å²) < 4.78 is 45.6. The van der Waals surface area contributed by atoms with Crippen molar-refractivity contribution in [1.82, 2.24) is 14.7 Å². The van der Waals surface area contributed by atoms with Crippen molar-refractivity contribution >= 4 is 11.6 Å². The molecule has 36 heavy (non-hydrogen) atoms. The maximum atomic E-state index is 13.0. The van der Waals surface area contributed by atoms with Crippen LogP contribution in [0, 0.1) is 0 Å². The van der Waals surface area contributed by atoms with Crippen molar-refractivity contribution in [3.8, 4) is 17.0 Å². The summed E-state index contributed by atoms with van der Waals surface area (Å²) in [7, 11) is 1.58. The fourth-order valence-electron chi connectivity index (χ4n) is 4.18. The predicted molar refractivity (Wildman–Crippen MR) is 130 cm³/mol. The number of carbonyl (C=O) groups excluding carboxylic acids is 1. The van der Waals surface area contributed by atoms with Gasteiger partial charge in [0.25, 0.3) is 5.56 Å². The number of aromatic nitrogens is 2. The molecule has 2 heterocycles. The monoisotopic (exact) mass is 500 g/mol. The second kappa shape index (κ2) is 10.8. The van der Waals surface area contributed by atoms with Crippen LogP contribution in [0.1, 0.15) is 18.4 Å². The highest BCUT2D eigenvalue weighted by Gasteiger charge is 2.31. The fraction of sp³-hybridized carbons (Fsp3) is 0.346. The zero-order valence-electron chi connectivity index (χ0n) is 19.9. The van der Waals surface area contributed by atoms with Gasteiger partial charge >= 0.3 is 6.18 Å². The molecule has 1 aromatic heterocycles. The number of anilines is 1. The molecule has 1 aliphatic rings. The zero-order chi connectivity index (χ0) is 25.7. The van der Waals surface area contributed by atoms with E-state index in [9.17, 15) is 22.8 Å². The summed E-state index contributed by atoms with van der Waals surface area (Å²) in [6.07, 6.45) is -3.69. The first-order chi connectivity index (χ1) is 17.2. The number of hydrogen-bond donors (Lipinski definition) is 0. The van der Waals surface area contributed by atoms with Gasteiger partial charge in [-0.15, -0.1) is 0 Å². The Kier molecular flexibility index (Phi) is 7.61. The molecular formula is C26H27F3N4O3. The first kappa shape index (κ1) is 25.3. The van der Waals surface area contributed by atoms with Crippen molar-refractivity contribution in [2.24, 2.45) is 0 Å². The van der Waals surface area contributed by atoms with Gasteiger partial charge in [0.15, 0.2) is 0 Å². The van der Waals surface area contributed by atoms with Crippen LogP contribution in [0.5, 0.6) is 5.75 Å². The molecule has 4 rings (SSSR count). The average Bonchev–Trinajstić information content (AvgIpc) is 2.89. The number of methoxy groups -OCH3 is 1. The minimum absolute atomic E-state index is 0.0457. The first-order valence-corrected chi connectivity index (χ1v) is 11.7. The van der Waals surface area contributed by atoms with Gasteiger partial charge in [0.1, 0.15) is 5.75 Å². The van der Waals surface area contributed by atoms with E-state index in [4.69, 9.17) is 4.74 Å². The lowest BCUT2D eigenvalue weighted by Gasteiger charge is -2.36. The van der Waals surface area contributed by atoms with Crippen molar-refractivity contribution in [3.63, 3.8) is 0 Å². The lowest BCUT2D eigenvalue weighted by Crippen LogP contribution is -2.48. The number of benzene rings is 2. The highest BCUT2D eigenvalue weighted by molar-refractivity contribution is 5.76. The molecule has 7 nitrogen and oxygen atoms in total. The van der Waals surface area contributed by atoms with Crippen LogP contribution in [0.15, 0.2) is 65.5 Å². The van der Waals surface area contributed by atoms with Crippen molar-refractivity contribution in [2.75, 3.05) is 38.2 Å². The summed E-state index contributed by atoms with van der Waals surface area (Å²) in [5.41, 5.74) is 1.02. The Morgan fingerprint density at radius 2 is 1.75 bits per heavy atom. The lowest BCUT2D eigenvalue weighted by molar-refractivity contribution is -0.137. The molecule has 1 aliphatic heterocycles. The highest BCUT2D eigenvalue weighted by Crippen LogP contribution is 2.32. The number of amides is 1. The summed E-state index contributed by atoms with van der Waals surface area (Å²) in [6, 6.07) is 15.7. The topological polar surface area (TPSA) is 67.7 Å². The van der Waals surface area contributed by atoms with Crippen LogP contribution in [-0.4, -0.2) is 53.9 Å². The molecule has 0 aliphatic carbocycles. The fourth-order valence-corrected chi connectivity index (χ4v) is 4.18. The molecule has 10 heteroatoms. The number of rotatable bonds is 7. The molecule has 2 aromatic carbocycles. The van der Waals surface area contributed by atoms with Crippen LogP contribution in [0.3, 0.4) is 0 Å². The third-order valence-corrected chi connectivity index (χ3v) is 6.16. The van der Waals surface area contributed by atoms with Gasteiger partial charge in [0.2, 0.25) is 5.91 Å². The van der Waals surface area contributed by atoms with Crippen LogP contribution < -0.4 is 15.2 Å². The maximum absolute atomic E-state index is 13.0. The smallest absolute Gasteiger partial charge is 0.416 e. The summed E-state index contributed by atoms with van der Waals surface area (Å²) in [5, 5.41) is 4.43. The van der Waals surface area contributed by atoms with E-state index in [1.54, 1.807) is 24.1 Å². The highest BCUT2D eigenvalue weighted by atomic mass is 19.4. The first-order valence-electron chi connectivity index (χ1n) is 11.7. The van der Waals surface area contributed by atoms with Gasteiger partial charge in [-0.05, 0) is 42.8 Å². The molecule has 3 aromatic rings. The lowest BCUT2D eigenvalue weighted by atomic mass is 10.1. The van der Waals surface area contributed by atoms with Crippen LogP contribution in [0.25, 0.3) is 11.3 Å². The van der Waals surface area contributed by atoms with Crippen LogP contribution in [-0.2, 0) is 17.5 Å². The van der Waals surface area contributed by atoms with E-state index in [0.717, 1.165) is 17.7 Å². The quantitative estimate of drug-likeness (QED) is 0.490. The van der Waals surface area contributed by atoms with Crippen molar-refractivity contribution < 1.29 is 22.7 Å². The molecule has 0 radical (unpaired) electrons. The molecule has 0 bridgehead atoms. The Morgan fingerprint density at radius 1 is 1.00 bits per heavy atom. The van der Waals surface area contributed by atoms with E-state index < -0.39 is 11.7 Å². The third kappa shape index (κ3) is 6.05. The molecular weight excluding hydrogens is 473 g/mol. The molecule has 1 saturated heterocycles. The number of halogens is 3. The van der Waals surface area contributed by atoms with E-state index in [1.165, 1.54) is 16.8 Å². The number of aryl methyl sites for hydroxylation is 1. The predicted octanol–water partition coefficient (Wildman–Crippen LogP) is 4.07.